The van der Waals surface area contributed by atoms with Crippen molar-refractivity contribution in [2.45, 2.75) is 18.9 Å². The number of para-hydroxylation sites is 1. The number of carbonyl (C=O) groups excluding carboxylic acids is 1. The lowest BCUT2D eigenvalue weighted by molar-refractivity contribution is 0.172. The van der Waals surface area contributed by atoms with Crippen molar-refractivity contribution in [3.05, 3.63) is 71.2 Å². The number of H-pyrrole nitrogens is 1. The Labute approximate surface area is 163 Å². The lowest BCUT2D eigenvalue weighted by Crippen LogP contribution is -2.46. The zero-order valence-corrected chi connectivity index (χ0v) is 15.9. The molecular weight excluding hydrogens is 357 g/mol. The van der Waals surface area contributed by atoms with Gasteiger partial charge in [0.1, 0.15) is 11.9 Å². The predicted octanol–water partition coefficient (Wildman–Crippen LogP) is 4.00. The maximum absolute atomic E-state index is 14.7. The fraction of sp³-hybridized carbons (Fsp3) is 0.318. The van der Waals surface area contributed by atoms with E-state index in [1.165, 1.54) is 6.07 Å². The van der Waals surface area contributed by atoms with Crippen LogP contribution in [0, 0.1) is 5.82 Å². The molecule has 146 valence electrons. The minimum Gasteiger partial charge on any atom is -0.385 e. The van der Waals surface area contributed by atoms with Gasteiger partial charge in [0.15, 0.2) is 0 Å². The third kappa shape index (κ3) is 3.36. The summed E-state index contributed by atoms with van der Waals surface area (Å²) >= 11 is 0. The van der Waals surface area contributed by atoms with E-state index < -0.39 is 6.04 Å². The summed E-state index contributed by atoms with van der Waals surface area (Å²) in [6.45, 7) is 1.64. The Bertz CT molecular complexity index is 985. The van der Waals surface area contributed by atoms with Gasteiger partial charge < -0.3 is 19.9 Å². The van der Waals surface area contributed by atoms with Crippen LogP contribution in [-0.2, 0) is 11.2 Å². The molecule has 3 aromatic rings. The molecule has 2 heterocycles. The third-order valence-corrected chi connectivity index (χ3v) is 5.30. The Morgan fingerprint density at radius 3 is 2.86 bits per heavy atom. The van der Waals surface area contributed by atoms with E-state index in [1.807, 2.05) is 24.3 Å². The summed E-state index contributed by atoms with van der Waals surface area (Å²) in [4.78, 5) is 18.1. The van der Waals surface area contributed by atoms with E-state index in [0.717, 1.165) is 35.0 Å². The molecule has 0 fully saturated rings. The second kappa shape index (κ2) is 8.02. The van der Waals surface area contributed by atoms with Crippen LogP contribution in [0.2, 0.25) is 0 Å². The molecule has 0 bridgehead atoms. The van der Waals surface area contributed by atoms with Gasteiger partial charge >= 0.3 is 6.03 Å². The number of halogens is 1. The number of aromatic amines is 1. The van der Waals surface area contributed by atoms with Crippen LogP contribution >= 0.6 is 0 Å². The number of ether oxygens (including phenoxy) is 1. The second-order valence-electron chi connectivity index (χ2n) is 7.01. The van der Waals surface area contributed by atoms with Crippen LogP contribution in [0.1, 0.15) is 29.3 Å². The molecule has 0 saturated heterocycles. The molecule has 2 N–H and O–H groups in total. The zero-order valence-electron chi connectivity index (χ0n) is 15.9. The number of carbonyl (C=O) groups is 1. The Kier molecular flexibility index (Phi) is 5.30. The van der Waals surface area contributed by atoms with Crippen LogP contribution in [-0.4, -0.2) is 42.7 Å². The highest BCUT2D eigenvalue weighted by Gasteiger charge is 2.35. The summed E-state index contributed by atoms with van der Waals surface area (Å²) in [6.07, 6.45) is 1.47. The molecule has 1 atom stereocenters. The van der Waals surface area contributed by atoms with Crippen LogP contribution in [0.4, 0.5) is 9.18 Å². The first-order valence-electron chi connectivity index (χ1n) is 9.58. The molecule has 1 aliphatic rings. The summed E-state index contributed by atoms with van der Waals surface area (Å²) in [5, 5.41) is 4.08. The highest BCUT2D eigenvalue weighted by atomic mass is 19.1. The molecule has 5 nitrogen and oxygen atoms in total. The summed E-state index contributed by atoms with van der Waals surface area (Å²) in [5.41, 5.74) is 3.56. The summed E-state index contributed by atoms with van der Waals surface area (Å²) in [7, 11) is 1.64. The first kappa shape index (κ1) is 18.5. The average Bonchev–Trinajstić information content (AvgIpc) is 3.10. The third-order valence-electron chi connectivity index (χ3n) is 5.30. The van der Waals surface area contributed by atoms with E-state index in [4.69, 9.17) is 4.74 Å². The lowest BCUT2D eigenvalue weighted by Gasteiger charge is -2.36. The molecule has 2 amide bonds. The van der Waals surface area contributed by atoms with Crippen molar-refractivity contribution in [2.75, 3.05) is 26.8 Å². The number of hydrogen-bond donors (Lipinski definition) is 2. The zero-order chi connectivity index (χ0) is 19.5. The van der Waals surface area contributed by atoms with Crippen LogP contribution in [0.5, 0.6) is 0 Å². The Morgan fingerprint density at radius 1 is 1.25 bits per heavy atom. The van der Waals surface area contributed by atoms with Gasteiger partial charge in [-0.1, -0.05) is 36.4 Å². The standard InChI is InChI=1S/C22H24FN3O2/c1-28-14-6-12-24-22(27)26-13-11-16-15-7-3-5-10-19(15)25-20(16)21(26)17-8-2-4-9-18(17)23/h2-5,7-10,21,25H,6,11-14H2,1H3,(H,24,27). The number of benzene rings is 2. The maximum Gasteiger partial charge on any atom is 0.318 e. The first-order chi connectivity index (χ1) is 13.7. The van der Waals surface area contributed by atoms with Gasteiger partial charge in [-0.25, -0.2) is 9.18 Å². The summed E-state index contributed by atoms with van der Waals surface area (Å²) in [6, 6.07) is 14.1. The fourth-order valence-electron chi connectivity index (χ4n) is 3.99. The molecular formula is C22H24FN3O2. The molecule has 6 heteroatoms. The fourth-order valence-corrected chi connectivity index (χ4v) is 3.99. The average molecular weight is 381 g/mol. The van der Waals surface area contributed by atoms with Gasteiger partial charge in [0.2, 0.25) is 0 Å². The topological polar surface area (TPSA) is 57.4 Å². The molecule has 1 aromatic heterocycles. The number of hydrogen-bond acceptors (Lipinski definition) is 2. The highest BCUT2D eigenvalue weighted by molar-refractivity contribution is 5.86. The molecule has 1 unspecified atom stereocenters. The smallest absolute Gasteiger partial charge is 0.318 e. The quantitative estimate of drug-likeness (QED) is 0.657. The van der Waals surface area contributed by atoms with Gasteiger partial charge in [0.05, 0.1) is 0 Å². The predicted molar refractivity (Wildman–Crippen MR) is 107 cm³/mol. The SMILES string of the molecule is COCCCNC(=O)N1CCc2c([nH]c3ccccc23)C1c1ccccc1F. The van der Waals surface area contributed by atoms with Gasteiger partial charge in [-0.2, -0.15) is 0 Å². The van der Waals surface area contributed by atoms with E-state index in [9.17, 15) is 9.18 Å². The van der Waals surface area contributed by atoms with Crippen LogP contribution in [0.25, 0.3) is 10.9 Å². The molecule has 28 heavy (non-hydrogen) atoms. The van der Waals surface area contributed by atoms with Crippen LogP contribution in [0.15, 0.2) is 48.5 Å². The summed E-state index contributed by atoms with van der Waals surface area (Å²) < 4.78 is 19.8. The van der Waals surface area contributed by atoms with E-state index in [-0.39, 0.29) is 11.8 Å². The monoisotopic (exact) mass is 381 g/mol. The normalized spacial score (nSPS) is 16.2. The number of methoxy groups -OCH3 is 1. The second-order valence-corrected chi connectivity index (χ2v) is 7.01. The molecule has 2 aromatic carbocycles. The van der Waals surface area contributed by atoms with Crippen molar-refractivity contribution in [3.8, 4) is 0 Å². The minimum atomic E-state index is -0.486. The molecule has 0 spiro atoms. The molecule has 1 aliphatic heterocycles. The Morgan fingerprint density at radius 2 is 2.04 bits per heavy atom. The molecule has 0 aliphatic carbocycles. The largest absolute Gasteiger partial charge is 0.385 e. The molecule has 4 rings (SSSR count). The van der Waals surface area contributed by atoms with Crippen molar-refractivity contribution in [1.29, 1.82) is 0 Å². The van der Waals surface area contributed by atoms with Gasteiger partial charge in [-0.3, -0.25) is 0 Å². The number of nitrogens with one attached hydrogen (secondary N) is 2. The lowest BCUT2D eigenvalue weighted by atomic mass is 9.92. The highest BCUT2D eigenvalue weighted by Crippen LogP contribution is 2.39. The van der Waals surface area contributed by atoms with Gasteiger partial charge in [-0.05, 0) is 30.5 Å². The number of aromatic nitrogens is 1. The van der Waals surface area contributed by atoms with Crippen molar-refractivity contribution in [2.24, 2.45) is 0 Å². The van der Waals surface area contributed by atoms with Gasteiger partial charge in [-0.15, -0.1) is 0 Å². The molecule has 0 radical (unpaired) electrons. The van der Waals surface area contributed by atoms with Crippen molar-refractivity contribution < 1.29 is 13.9 Å². The number of fused-ring (bicyclic) bond motifs is 3. The Hall–Kier alpha value is -2.86. The van der Waals surface area contributed by atoms with Gasteiger partial charge in [0, 0.05) is 49.0 Å². The van der Waals surface area contributed by atoms with Crippen molar-refractivity contribution in [3.63, 3.8) is 0 Å². The number of amides is 2. The van der Waals surface area contributed by atoms with E-state index in [0.29, 0.717) is 25.3 Å². The van der Waals surface area contributed by atoms with Crippen LogP contribution in [0.3, 0.4) is 0 Å². The maximum atomic E-state index is 14.7. The molecule has 0 saturated carbocycles. The van der Waals surface area contributed by atoms with Gasteiger partial charge in [0.25, 0.3) is 0 Å². The van der Waals surface area contributed by atoms with E-state index in [1.54, 1.807) is 24.1 Å². The number of urea groups is 1. The number of rotatable bonds is 5. The van der Waals surface area contributed by atoms with Crippen molar-refractivity contribution in [1.82, 2.24) is 15.2 Å². The number of nitrogens with zero attached hydrogens (tertiary/aromatic N) is 1. The van der Waals surface area contributed by atoms with Crippen molar-refractivity contribution >= 4 is 16.9 Å². The Balaban J connectivity index is 1.73. The summed E-state index contributed by atoms with van der Waals surface area (Å²) in [5.74, 6) is -0.309. The van der Waals surface area contributed by atoms with E-state index >= 15 is 0 Å². The van der Waals surface area contributed by atoms with E-state index in [2.05, 4.69) is 16.4 Å². The minimum absolute atomic E-state index is 0.186. The van der Waals surface area contributed by atoms with Crippen LogP contribution < -0.4 is 5.32 Å². The first-order valence-corrected chi connectivity index (χ1v) is 9.58.